The Labute approximate surface area is 90.0 Å². The Bertz CT molecular complexity index is 361. The van der Waals surface area contributed by atoms with Crippen molar-refractivity contribution >= 4 is 6.02 Å². The largest absolute Gasteiger partial charge is 0.462 e. The van der Waals surface area contributed by atoms with Crippen molar-refractivity contribution in [2.24, 2.45) is 10.7 Å². The molecule has 1 heterocycles. The number of rotatable bonds is 3. The minimum atomic E-state index is -0.250. The van der Waals surface area contributed by atoms with Gasteiger partial charge in [0.15, 0.2) is 0 Å². The highest BCUT2D eigenvalue weighted by atomic mass is 16.5. The molecular weight excluding hydrogens is 188 g/mol. The van der Waals surface area contributed by atoms with E-state index in [0.29, 0.717) is 12.6 Å². The van der Waals surface area contributed by atoms with E-state index in [9.17, 15) is 0 Å². The van der Waals surface area contributed by atoms with Crippen molar-refractivity contribution in [2.45, 2.75) is 25.3 Å². The number of nitrogens with two attached hydrogens (primary N) is 1. The third kappa shape index (κ3) is 1.82. The van der Waals surface area contributed by atoms with E-state index in [1.165, 1.54) is 5.56 Å². The quantitative estimate of drug-likeness (QED) is 0.818. The number of hydrogen-bond acceptors (Lipinski definition) is 3. The summed E-state index contributed by atoms with van der Waals surface area (Å²) in [6.07, 6.45) is 2.03. The molecule has 0 fully saturated rings. The molecule has 1 aromatic carbocycles. The molecule has 1 aliphatic heterocycles. The van der Waals surface area contributed by atoms with Gasteiger partial charge in [0, 0.05) is 0 Å². The summed E-state index contributed by atoms with van der Waals surface area (Å²) >= 11 is 0. The van der Waals surface area contributed by atoms with Gasteiger partial charge in [-0.2, -0.15) is 0 Å². The lowest BCUT2D eigenvalue weighted by Crippen LogP contribution is -2.25. The van der Waals surface area contributed by atoms with Crippen LogP contribution >= 0.6 is 0 Å². The number of hydrogen-bond donors (Lipinski definition) is 1. The molecule has 0 saturated carbocycles. The average molecular weight is 204 g/mol. The Balaban J connectivity index is 2.36. The van der Waals surface area contributed by atoms with Gasteiger partial charge < -0.3 is 10.5 Å². The van der Waals surface area contributed by atoms with Crippen LogP contribution in [0.4, 0.5) is 0 Å². The molecule has 2 N–H and O–H groups in total. The van der Waals surface area contributed by atoms with Crippen LogP contribution in [0.25, 0.3) is 0 Å². The lowest BCUT2D eigenvalue weighted by Gasteiger charge is -2.23. The summed E-state index contributed by atoms with van der Waals surface area (Å²) < 4.78 is 5.30. The van der Waals surface area contributed by atoms with Gasteiger partial charge in [-0.15, -0.1) is 0 Å². The van der Waals surface area contributed by atoms with E-state index < -0.39 is 0 Å². The standard InChI is InChI=1S/C12H16N2O/c1-2-8-12(9-15-11(13)14-12)10-6-4-3-5-7-10/h3-7H,2,8-9H2,1H3,(H2,13,14). The zero-order valence-electron chi connectivity index (χ0n) is 8.94. The lowest BCUT2D eigenvalue weighted by atomic mass is 9.87. The van der Waals surface area contributed by atoms with Crippen molar-refractivity contribution in [1.29, 1.82) is 0 Å². The molecule has 3 nitrogen and oxygen atoms in total. The molecule has 1 aromatic rings. The maximum absolute atomic E-state index is 5.61. The molecule has 0 saturated heterocycles. The number of ether oxygens (including phenoxy) is 1. The highest BCUT2D eigenvalue weighted by Crippen LogP contribution is 2.34. The van der Waals surface area contributed by atoms with E-state index in [2.05, 4.69) is 24.0 Å². The fraction of sp³-hybridized carbons (Fsp3) is 0.417. The van der Waals surface area contributed by atoms with Gasteiger partial charge in [0.1, 0.15) is 12.1 Å². The third-order valence-electron chi connectivity index (χ3n) is 2.76. The van der Waals surface area contributed by atoms with Gasteiger partial charge in [0.2, 0.25) is 0 Å². The number of benzene rings is 1. The van der Waals surface area contributed by atoms with Crippen LogP contribution in [-0.4, -0.2) is 12.6 Å². The Morgan fingerprint density at radius 2 is 2.13 bits per heavy atom. The molecule has 1 aliphatic rings. The predicted octanol–water partition coefficient (Wildman–Crippen LogP) is 2.03. The van der Waals surface area contributed by atoms with Crippen LogP contribution in [0, 0.1) is 0 Å². The number of amidine groups is 1. The SMILES string of the molecule is CCCC1(c2ccccc2)COC(N)=N1. The van der Waals surface area contributed by atoms with Crippen LogP contribution in [0.5, 0.6) is 0 Å². The molecule has 80 valence electrons. The molecule has 1 atom stereocenters. The van der Waals surface area contributed by atoms with Crippen molar-refractivity contribution in [2.75, 3.05) is 6.61 Å². The van der Waals surface area contributed by atoms with E-state index >= 15 is 0 Å². The van der Waals surface area contributed by atoms with Gasteiger partial charge in [0.05, 0.1) is 0 Å². The molecule has 0 radical (unpaired) electrons. The van der Waals surface area contributed by atoms with Gasteiger partial charge in [-0.1, -0.05) is 43.7 Å². The molecule has 2 rings (SSSR count). The fourth-order valence-electron chi connectivity index (χ4n) is 2.05. The van der Waals surface area contributed by atoms with Crippen molar-refractivity contribution < 1.29 is 4.74 Å². The first-order valence-corrected chi connectivity index (χ1v) is 5.30. The van der Waals surface area contributed by atoms with Gasteiger partial charge in [-0.05, 0) is 12.0 Å². The first-order valence-electron chi connectivity index (χ1n) is 5.30. The van der Waals surface area contributed by atoms with Crippen LogP contribution < -0.4 is 5.73 Å². The van der Waals surface area contributed by atoms with Gasteiger partial charge in [-0.25, -0.2) is 4.99 Å². The highest BCUT2D eigenvalue weighted by Gasteiger charge is 2.36. The summed E-state index contributed by atoms with van der Waals surface area (Å²) in [5.74, 6) is 0. The predicted molar refractivity (Wildman–Crippen MR) is 60.6 cm³/mol. The molecule has 3 heteroatoms. The second-order valence-corrected chi connectivity index (χ2v) is 3.89. The van der Waals surface area contributed by atoms with Crippen LogP contribution in [-0.2, 0) is 10.3 Å². The Kier molecular flexibility index (Phi) is 2.62. The van der Waals surface area contributed by atoms with Crippen LogP contribution in [0.15, 0.2) is 35.3 Å². The summed E-state index contributed by atoms with van der Waals surface area (Å²) in [5, 5.41) is 0. The maximum atomic E-state index is 5.61. The smallest absolute Gasteiger partial charge is 0.283 e. The zero-order chi connectivity index (χ0) is 10.7. The first kappa shape index (κ1) is 10.0. The van der Waals surface area contributed by atoms with Crippen LogP contribution in [0.1, 0.15) is 25.3 Å². The average Bonchev–Trinajstić information content (AvgIpc) is 2.63. The van der Waals surface area contributed by atoms with E-state index in [4.69, 9.17) is 10.5 Å². The summed E-state index contributed by atoms with van der Waals surface area (Å²) in [7, 11) is 0. The van der Waals surface area contributed by atoms with E-state index in [1.54, 1.807) is 0 Å². The summed E-state index contributed by atoms with van der Waals surface area (Å²) in [4.78, 5) is 4.45. The maximum Gasteiger partial charge on any atom is 0.283 e. The normalized spacial score (nSPS) is 24.7. The molecule has 15 heavy (non-hydrogen) atoms. The molecule has 0 aliphatic carbocycles. The van der Waals surface area contributed by atoms with Crippen molar-refractivity contribution in [3.8, 4) is 0 Å². The van der Waals surface area contributed by atoms with E-state index in [0.717, 1.165) is 12.8 Å². The van der Waals surface area contributed by atoms with Crippen molar-refractivity contribution in [3.05, 3.63) is 35.9 Å². The van der Waals surface area contributed by atoms with Crippen molar-refractivity contribution in [1.82, 2.24) is 0 Å². The minimum Gasteiger partial charge on any atom is -0.462 e. The molecule has 0 amide bonds. The molecular formula is C12H16N2O. The van der Waals surface area contributed by atoms with Gasteiger partial charge >= 0.3 is 0 Å². The Morgan fingerprint density at radius 1 is 1.40 bits per heavy atom. The van der Waals surface area contributed by atoms with Crippen LogP contribution in [0.3, 0.4) is 0 Å². The summed E-state index contributed by atoms with van der Waals surface area (Å²) in [6, 6.07) is 10.5. The molecule has 0 aromatic heterocycles. The minimum absolute atomic E-state index is 0.250. The van der Waals surface area contributed by atoms with Gasteiger partial charge in [0.25, 0.3) is 6.02 Å². The Morgan fingerprint density at radius 3 is 2.67 bits per heavy atom. The monoisotopic (exact) mass is 204 g/mol. The summed E-state index contributed by atoms with van der Waals surface area (Å²) in [6.45, 7) is 2.71. The Hall–Kier alpha value is -1.51. The first-order chi connectivity index (χ1) is 7.27. The second kappa shape index (κ2) is 3.93. The van der Waals surface area contributed by atoms with Gasteiger partial charge in [-0.3, -0.25) is 0 Å². The third-order valence-corrected chi connectivity index (χ3v) is 2.76. The fourth-order valence-corrected chi connectivity index (χ4v) is 2.05. The summed E-state index contributed by atoms with van der Waals surface area (Å²) in [5.41, 5.74) is 6.54. The van der Waals surface area contributed by atoms with Crippen LogP contribution in [0.2, 0.25) is 0 Å². The lowest BCUT2D eigenvalue weighted by molar-refractivity contribution is 0.242. The van der Waals surface area contributed by atoms with E-state index in [-0.39, 0.29) is 5.54 Å². The number of aliphatic imine (C=N–C) groups is 1. The van der Waals surface area contributed by atoms with E-state index in [1.807, 2.05) is 18.2 Å². The zero-order valence-corrected chi connectivity index (χ0v) is 8.94. The topological polar surface area (TPSA) is 47.6 Å². The molecule has 0 spiro atoms. The highest BCUT2D eigenvalue weighted by molar-refractivity contribution is 5.74. The van der Waals surface area contributed by atoms with Crippen molar-refractivity contribution in [3.63, 3.8) is 0 Å². The second-order valence-electron chi connectivity index (χ2n) is 3.89. The number of nitrogens with zero attached hydrogens (tertiary/aromatic N) is 1. The molecule has 0 bridgehead atoms. The molecule has 1 unspecified atom stereocenters.